The van der Waals surface area contributed by atoms with Crippen LogP contribution >= 0.6 is 34.8 Å². The second-order valence-electron chi connectivity index (χ2n) is 10.7. The fourth-order valence-electron chi connectivity index (χ4n) is 5.17. The summed E-state index contributed by atoms with van der Waals surface area (Å²) in [7, 11) is 0. The van der Waals surface area contributed by atoms with Gasteiger partial charge in [-0.3, -0.25) is 9.59 Å². The molecule has 2 atom stereocenters. The van der Waals surface area contributed by atoms with Crippen LogP contribution in [-0.4, -0.2) is 55.1 Å². The number of piperidine rings is 1. The summed E-state index contributed by atoms with van der Waals surface area (Å²) < 4.78 is 11.5. The van der Waals surface area contributed by atoms with Gasteiger partial charge in [-0.05, 0) is 86.3 Å². The van der Waals surface area contributed by atoms with Gasteiger partial charge in [0.1, 0.15) is 19.0 Å². The van der Waals surface area contributed by atoms with Crippen LogP contribution in [0.3, 0.4) is 0 Å². The zero-order valence-corrected chi connectivity index (χ0v) is 25.6. The fourth-order valence-corrected chi connectivity index (χ4v) is 6.07. The van der Waals surface area contributed by atoms with Gasteiger partial charge in [-0.15, -0.1) is 0 Å². The first-order chi connectivity index (χ1) is 20.3. The van der Waals surface area contributed by atoms with Gasteiger partial charge in [0.15, 0.2) is 5.75 Å². The molecule has 0 spiro atoms. The van der Waals surface area contributed by atoms with Crippen molar-refractivity contribution >= 4 is 46.6 Å². The van der Waals surface area contributed by atoms with E-state index in [1.807, 2.05) is 36.1 Å². The molecule has 0 radical (unpaired) electrons. The molecule has 1 saturated carbocycles. The first-order valence-electron chi connectivity index (χ1n) is 14.2. The quantitative estimate of drug-likeness (QED) is 0.243. The molecule has 42 heavy (non-hydrogen) atoms. The lowest BCUT2D eigenvalue weighted by Crippen LogP contribution is -2.55. The van der Waals surface area contributed by atoms with E-state index in [1.54, 1.807) is 36.4 Å². The van der Waals surface area contributed by atoms with Crippen LogP contribution in [0.1, 0.15) is 40.7 Å². The van der Waals surface area contributed by atoms with Gasteiger partial charge in [0.05, 0.1) is 16.0 Å². The standard InChI is InChI=1S/C32H34Cl3N3O4/c1-20-16-27(34)30(28(35)17-20)42-15-14-41-24-10-6-21(7-11-24)31(39)37-29-12-13-36-18-25(29)32(40)38(23-8-9-23)19-22-4-2-3-5-26(22)33/h2-7,10-11,16-17,23,25,29,36H,8-9,12-15,18-19H2,1H3,(H,37,39). The van der Waals surface area contributed by atoms with Gasteiger partial charge in [-0.25, -0.2) is 0 Å². The molecule has 2 N–H and O–H groups in total. The molecule has 3 aromatic rings. The summed E-state index contributed by atoms with van der Waals surface area (Å²) in [5.41, 5.74) is 2.38. The van der Waals surface area contributed by atoms with Crippen molar-refractivity contribution in [2.75, 3.05) is 26.3 Å². The molecule has 7 nitrogen and oxygen atoms in total. The lowest BCUT2D eigenvalue weighted by Gasteiger charge is -2.36. The Balaban J connectivity index is 1.15. The molecule has 5 rings (SSSR count). The molecule has 2 fully saturated rings. The number of halogens is 3. The fraction of sp³-hybridized carbons (Fsp3) is 0.375. The Labute approximate surface area is 261 Å². The monoisotopic (exact) mass is 629 g/mol. The lowest BCUT2D eigenvalue weighted by molar-refractivity contribution is -0.138. The minimum absolute atomic E-state index is 0.0501. The minimum Gasteiger partial charge on any atom is -0.490 e. The van der Waals surface area contributed by atoms with E-state index in [-0.39, 0.29) is 43.0 Å². The largest absolute Gasteiger partial charge is 0.490 e. The molecule has 1 saturated heterocycles. The Morgan fingerprint density at radius 3 is 2.31 bits per heavy atom. The number of amides is 2. The van der Waals surface area contributed by atoms with Gasteiger partial charge < -0.3 is 25.0 Å². The molecule has 2 unspecified atom stereocenters. The first kappa shape index (κ1) is 30.5. The third-order valence-corrected chi connectivity index (χ3v) is 8.47. The molecule has 10 heteroatoms. The maximum Gasteiger partial charge on any atom is 0.251 e. The summed E-state index contributed by atoms with van der Waals surface area (Å²) in [6.07, 6.45) is 2.64. The van der Waals surface area contributed by atoms with E-state index < -0.39 is 0 Å². The highest BCUT2D eigenvalue weighted by Gasteiger charge is 2.40. The smallest absolute Gasteiger partial charge is 0.251 e. The van der Waals surface area contributed by atoms with E-state index in [1.165, 1.54) is 0 Å². The highest BCUT2D eigenvalue weighted by molar-refractivity contribution is 6.37. The molecule has 1 aliphatic heterocycles. The van der Waals surface area contributed by atoms with Crippen molar-refractivity contribution in [2.24, 2.45) is 5.92 Å². The summed E-state index contributed by atoms with van der Waals surface area (Å²) in [4.78, 5) is 28.9. The minimum atomic E-state index is -0.357. The van der Waals surface area contributed by atoms with Crippen LogP contribution in [0.15, 0.2) is 60.7 Å². The second kappa shape index (κ2) is 14.0. The number of nitrogens with zero attached hydrogens (tertiary/aromatic N) is 1. The SMILES string of the molecule is Cc1cc(Cl)c(OCCOc2ccc(C(=O)NC3CCNCC3C(=O)N(Cc3ccccc3Cl)C3CC3)cc2)c(Cl)c1. The molecular formula is C32H34Cl3N3O4. The maximum absolute atomic E-state index is 13.8. The molecular weight excluding hydrogens is 597 g/mol. The molecule has 0 bridgehead atoms. The van der Waals surface area contributed by atoms with Gasteiger partial charge in [0, 0.05) is 35.8 Å². The van der Waals surface area contributed by atoms with Crippen LogP contribution in [0, 0.1) is 12.8 Å². The summed E-state index contributed by atoms with van der Waals surface area (Å²) in [6.45, 7) is 4.16. The van der Waals surface area contributed by atoms with Gasteiger partial charge in [-0.1, -0.05) is 53.0 Å². The van der Waals surface area contributed by atoms with Crippen LogP contribution < -0.4 is 20.1 Å². The molecule has 3 aromatic carbocycles. The molecule has 222 valence electrons. The van der Waals surface area contributed by atoms with Crippen molar-refractivity contribution in [2.45, 2.75) is 44.8 Å². The van der Waals surface area contributed by atoms with Crippen molar-refractivity contribution in [3.63, 3.8) is 0 Å². The van der Waals surface area contributed by atoms with Gasteiger partial charge in [0.25, 0.3) is 5.91 Å². The van der Waals surface area contributed by atoms with Crippen LogP contribution in [0.5, 0.6) is 11.5 Å². The summed E-state index contributed by atoms with van der Waals surface area (Å²) in [6, 6.07) is 18.1. The highest BCUT2D eigenvalue weighted by atomic mass is 35.5. The molecule has 0 aromatic heterocycles. The van der Waals surface area contributed by atoms with E-state index in [0.717, 1.165) is 30.5 Å². The van der Waals surface area contributed by atoms with Crippen LogP contribution in [0.25, 0.3) is 0 Å². The Bertz CT molecular complexity index is 1390. The van der Waals surface area contributed by atoms with E-state index in [2.05, 4.69) is 10.6 Å². The highest BCUT2D eigenvalue weighted by Crippen LogP contribution is 2.34. The summed E-state index contributed by atoms with van der Waals surface area (Å²) in [5.74, 6) is 0.504. The number of carbonyl (C=O) groups is 2. The van der Waals surface area contributed by atoms with E-state index >= 15 is 0 Å². The third-order valence-electron chi connectivity index (χ3n) is 7.54. The topological polar surface area (TPSA) is 79.9 Å². The Hall–Kier alpha value is -2.97. The molecule has 1 heterocycles. The molecule has 1 aliphatic carbocycles. The maximum atomic E-state index is 13.8. The number of aryl methyl sites for hydroxylation is 1. The van der Waals surface area contributed by atoms with Gasteiger partial charge in [-0.2, -0.15) is 0 Å². The number of rotatable bonds is 11. The number of hydrogen-bond donors (Lipinski definition) is 2. The van der Waals surface area contributed by atoms with Crippen molar-refractivity contribution in [3.8, 4) is 11.5 Å². The van der Waals surface area contributed by atoms with Crippen molar-refractivity contribution in [1.82, 2.24) is 15.5 Å². The number of benzene rings is 3. The number of hydrogen-bond acceptors (Lipinski definition) is 5. The third kappa shape index (κ3) is 7.70. The number of nitrogens with one attached hydrogen (secondary N) is 2. The van der Waals surface area contributed by atoms with Crippen molar-refractivity contribution in [3.05, 3.63) is 92.4 Å². The number of ether oxygens (including phenoxy) is 2. The van der Waals surface area contributed by atoms with Gasteiger partial charge >= 0.3 is 0 Å². The second-order valence-corrected chi connectivity index (χ2v) is 12.0. The van der Waals surface area contributed by atoms with Crippen LogP contribution in [0.2, 0.25) is 15.1 Å². The van der Waals surface area contributed by atoms with Crippen LogP contribution in [-0.2, 0) is 11.3 Å². The Morgan fingerprint density at radius 2 is 1.62 bits per heavy atom. The van der Waals surface area contributed by atoms with Crippen LogP contribution in [0.4, 0.5) is 0 Å². The average Bonchev–Trinajstić information content (AvgIpc) is 3.81. The predicted octanol–water partition coefficient (Wildman–Crippen LogP) is 6.31. The lowest BCUT2D eigenvalue weighted by atomic mass is 9.91. The molecule has 2 amide bonds. The zero-order chi connectivity index (χ0) is 29.6. The summed E-state index contributed by atoms with van der Waals surface area (Å²) >= 11 is 18.9. The zero-order valence-electron chi connectivity index (χ0n) is 23.4. The van der Waals surface area contributed by atoms with Gasteiger partial charge in [0.2, 0.25) is 5.91 Å². The molecule has 2 aliphatic rings. The van der Waals surface area contributed by atoms with E-state index in [0.29, 0.717) is 51.6 Å². The van der Waals surface area contributed by atoms with E-state index in [9.17, 15) is 9.59 Å². The van der Waals surface area contributed by atoms with E-state index in [4.69, 9.17) is 44.3 Å². The number of carbonyl (C=O) groups excluding carboxylic acids is 2. The normalized spacial score (nSPS) is 18.3. The summed E-state index contributed by atoms with van der Waals surface area (Å²) in [5, 5.41) is 8.01. The first-order valence-corrected chi connectivity index (χ1v) is 15.3. The Morgan fingerprint density at radius 1 is 0.929 bits per heavy atom. The Kier molecular flexibility index (Phi) is 10.2. The average molecular weight is 631 g/mol. The van der Waals surface area contributed by atoms with Crippen molar-refractivity contribution < 1.29 is 19.1 Å². The van der Waals surface area contributed by atoms with Crippen molar-refractivity contribution in [1.29, 1.82) is 0 Å². The predicted molar refractivity (Wildman–Crippen MR) is 166 cm³/mol.